The Hall–Kier alpha value is -3.98. The lowest BCUT2D eigenvalue weighted by molar-refractivity contribution is -0.113. The molecule has 4 aromatic rings. The van der Waals surface area contributed by atoms with Crippen LogP contribution in [0.5, 0.6) is 5.75 Å². The Labute approximate surface area is 189 Å². The summed E-state index contributed by atoms with van der Waals surface area (Å²) >= 11 is 4.24. The van der Waals surface area contributed by atoms with Crippen LogP contribution in [0.4, 0.5) is 5.69 Å². The molecule has 1 atom stereocenters. The van der Waals surface area contributed by atoms with Crippen LogP contribution in [0.15, 0.2) is 78.9 Å². The molecule has 0 saturated heterocycles. The summed E-state index contributed by atoms with van der Waals surface area (Å²) in [5.74, 6) is 0.0762. The number of ether oxygens (including phenoxy) is 1. The summed E-state index contributed by atoms with van der Waals surface area (Å²) in [4.78, 5) is 21.7. The minimum absolute atomic E-state index is 0.198. The lowest BCUT2D eigenvalue weighted by atomic mass is 9.95. The Balaban J connectivity index is 1.73. The topological polar surface area (TPSA) is 105 Å². The average Bonchev–Trinajstić information content (AvgIpc) is 3.27. The van der Waals surface area contributed by atoms with E-state index < -0.39 is 11.8 Å². The molecule has 0 radical (unpaired) electrons. The largest absolute Gasteiger partial charge is 0.495 e. The van der Waals surface area contributed by atoms with Crippen LogP contribution in [0, 0.1) is 5.41 Å². The van der Waals surface area contributed by atoms with Crippen molar-refractivity contribution in [1.29, 1.82) is 5.41 Å². The van der Waals surface area contributed by atoms with Gasteiger partial charge in [0.15, 0.2) is 0 Å². The molecule has 0 aliphatic carbocycles. The van der Waals surface area contributed by atoms with E-state index in [0.29, 0.717) is 28.3 Å². The maximum absolute atomic E-state index is 13.6. The number of ketones is 1. The third kappa shape index (κ3) is 4.37. The number of hydrogen-bond donors (Lipinski definition) is 3. The van der Waals surface area contributed by atoms with Gasteiger partial charge in [0.25, 0.3) is 0 Å². The van der Waals surface area contributed by atoms with Crippen LogP contribution in [-0.4, -0.2) is 38.2 Å². The molecule has 0 fully saturated rings. The monoisotopic (exact) mass is 444 g/mol. The summed E-state index contributed by atoms with van der Waals surface area (Å²) in [7, 11) is 1.54. The Morgan fingerprint density at radius 2 is 2.00 bits per heavy atom. The van der Waals surface area contributed by atoms with Crippen LogP contribution in [-0.2, 0) is 4.79 Å². The van der Waals surface area contributed by atoms with Gasteiger partial charge in [-0.25, -0.2) is 4.52 Å². The van der Waals surface area contributed by atoms with Gasteiger partial charge in [0.2, 0.25) is 5.78 Å². The van der Waals surface area contributed by atoms with Crippen molar-refractivity contribution in [1.82, 2.24) is 19.6 Å². The second-order valence-electron chi connectivity index (χ2n) is 6.85. The molecule has 0 aromatic carbocycles. The van der Waals surface area contributed by atoms with E-state index in [9.17, 15) is 4.79 Å². The average molecular weight is 445 g/mol. The lowest BCUT2D eigenvalue weighted by Crippen LogP contribution is -2.28. The molecule has 0 amide bonds. The first-order valence-electron chi connectivity index (χ1n) is 9.68. The predicted molar refractivity (Wildman–Crippen MR) is 126 cm³/mol. The molecule has 1 unspecified atom stereocenters. The van der Waals surface area contributed by atoms with Crippen molar-refractivity contribution >= 4 is 40.9 Å². The molecular formula is C23H20N6O2S. The van der Waals surface area contributed by atoms with E-state index in [2.05, 4.69) is 33.0 Å². The fraction of sp³-hybridized carbons (Fsp3) is 0.0870. The molecule has 4 heterocycles. The molecule has 9 heteroatoms. The summed E-state index contributed by atoms with van der Waals surface area (Å²) in [5, 5.41) is 17.8. The summed E-state index contributed by atoms with van der Waals surface area (Å²) in [5.41, 5.74) is 2.73. The number of nitrogens with zero attached hydrogens (tertiary/aromatic N) is 4. The number of Topliss-reactive ketones (excluding diaryl/α,β-unsaturated/α-hetero) is 1. The first-order valence-corrected chi connectivity index (χ1v) is 10.2. The van der Waals surface area contributed by atoms with E-state index in [1.165, 1.54) is 5.41 Å². The molecule has 0 bridgehead atoms. The highest BCUT2D eigenvalue weighted by Crippen LogP contribution is 2.26. The number of fused-ring (bicyclic) bond motifs is 1. The number of thiol groups is 1. The van der Waals surface area contributed by atoms with Gasteiger partial charge in [-0.15, -0.1) is 0 Å². The molecular weight excluding hydrogens is 424 g/mol. The van der Waals surface area contributed by atoms with Crippen LogP contribution in [0.1, 0.15) is 17.3 Å². The number of aromatic nitrogens is 4. The smallest absolute Gasteiger partial charge is 0.209 e. The van der Waals surface area contributed by atoms with Gasteiger partial charge in [0, 0.05) is 30.2 Å². The van der Waals surface area contributed by atoms with E-state index in [4.69, 9.17) is 10.1 Å². The Kier molecular flexibility index (Phi) is 6.27. The number of methoxy groups -OCH3 is 1. The van der Waals surface area contributed by atoms with Crippen LogP contribution >= 0.6 is 12.6 Å². The molecule has 0 aliphatic heterocycles. The number of carbonyl (C=O) groups is 1. The number of nitrogens with one attached hydrogen (secondary N) is 2. The molecule has 160 valence electrons. The normalized spacial score (nSPS) is 12.4. The SMILES string of the molecule is COc1cncc(NC(C(=O)C(=N)/C(=C\S)c2ccncc2)c2cc3ccccn3n2)c1. The molecule has 32 heavy (non-hydrogen) atoms. The van der Waals surface area contributed by atoms with Crippen molar-refractivity contribution in [3.63, 3.8) is 0 Å². The van der Waals surface area contributed by atoms with Crippen molar-refractivity contribution in [3.8, 4) is 5.75 Å². The van der Waals surface area contributed by atoms with E-state index >= 15 is 0 Å². The van der Waals surface area contributed by atoms with Crippen molar-refractivity contribution < 1.29 is 9.53 Å². The molecule has 2 N–H and O–H groups in total. The first-order chi connectivity index (χ1) is 15.6. The van der Waals surface area contributed by atoms with E-state index in [1.54, 1.807) is 60.8 Å². The number of carbonyl (C=O) groups excluding carboxylic acids is 1. The van der Waals surface area contributed by atoms with Gasteiger partial charge < -0.3 is 10.1 Å². The Bertz CT molecular complexity index is 1270. The molecule has 0 saturated carbocycles. The van der Waals surface area contributed by atoms with Gasteiger partial charge in [0.1, 0.15) is 17.5 Å². The highest BCUT2D eigenvalue weighted by molar-refractivity contribution is 7.83. The maximum Gasteiger partial charge on any atom is 0.209 e. The minimum Gasteiger partial charge on any atom is -0.495 e. The van der Waals surface area contributed by atoms with Crippen molar-refractivity contribution in [2.75, 3.05) is 12.4 Å². The standard InChI is InChI=1S/C23H20N6O2S/c1-31-18-10-16(12-26-13-18)27-22(20-11-17-4-2-3-9-29(17)28-20)23(30)21(24)19(14-32)15-5-7-25-8-6-15/h2-14,22,24,27,32H,1H3/b19-14-,24-21?. The molecule has 8 nitrogen and oxygen atoms in total. The Morgan fingerprint density at radius 3 is 2.72 bits per heavy atom. The molecule has 0 aliphatic rings. The maximum atomic E-state index is 13.6. The molecule has 0 spiro atoms. The zero-order valence-electron chi connectivity index (χ0n) is 17.1. The summed E-state index contributed by atoms with van der Waals surface area (Å²) in [6.07, 6.45) is 8.16. The zero-order valence-corrected chi connectivity index (χ0v) is 18.0. The highest BCUT2D eigenvalue weighted by atomic mass is 32.1. The minimum atomic E-state index is -0.929. The highest BCUT2D eigenvalue weighted by Gasteiger charge is 2.29. The number of rotatable bonds is 8. The van der Waals surface area contributed by atoms with Crippen LogP contribution < -0.4 is 10.1 Å². The van der Waals surface area contributed by atoms with Crippen LogP contribution in [0.25, 0.3) is 11.1 Å². The summed E-state index contributed by atoms with van der Waals surface area (Å²) < 4.78 is 6.92. The van der Waals surface area contributed by atoms with Crippen molar-refractivity contribution in [3.05, 3.63) is 90.1 Å². The van der Waals surface area contributed by atoms with Gasteiger partial charge in [-0.05, 0) is 41.3 Å². The van der Waals surface area contributed by atoms with Gasteiger partial charge in [-0.2, -0.15) is 17.7 Å². The molecule has 4 aromatic heterocycles. The van der Waals surface area contributed by atoms with Gasteiger partial charge in [-0.1, -0.05) is 6.07 Å². The van der Waals surface area contributed by atoms with Gasteiger partial charge >= 0.3 is 0 Å². The first kappa shape index (κ1) is 21.3. The zero-order chi connectivity index (χ0) is 22.5. The van der Waals surface area contributed by atoms with Gasteiger partial charge in [0.05, 0.1) is 36.4 Å². The van der Waals surface area contributed by atoms with E-state index in [0.717, 1.165) is 5.52 Å². The Morgan fingerprint density at radius 1 is 1.19 bits per heavy atom. The van der Waals surface area contributed by atoms with Crippen LogP contribution in [0.2, 0.25) is 0 Å². The quantitative estimate of drug-likeness (QED) is 0.282. The molecule has 4 rings (SSSR count). The van der Waals surface area contributed by atoms with Crippen molar-refractivity contribution in [2.24, 2.45) is 0 Å². The lowest BCUT2D eigenvalue weighted by Gasteiger charge is -2.18. The summed E-state index contributed by atoms with van der Waals surface area (Å²) in [6.45, 7) is 0. The third-order valence-electron chi connectivity index (χ3n) is 4.84. The predicted octanol–water partition coefficient (Wildman–Crippen LogP) is 3.85. The number of anilines is 1. The van der Waals surface area contributed by atoms with E-state index in [-0.39, 0.29) is 5.71 Å². The number of allylic oxidation sites excluding steroid dienone is 1. The fourth-order valence-electron chi connectivity index (χ4n) is 3.24. The fourth-order valence-corrected chi connectivity index (χ4v) is 3.52. The second-order valence-corrected chi connectivity index (χ2v) is 7.11. The third-order valence-corrected chi connectivity index (χ3v) is 5.10. The van der Waals surface area contributed by atoms with E-state index in [1.807, 2.05) is 24.3 Å². The van der Waals surface area contributed by atoms with Crippen molar-refractivity contribution in [2.45, 2.75) is 6.04 Å². The van der Waals surface area contributed by atoms with Crippen LogP contribution in [0.3, 0.4) is 0 Å². The second kappa shape index (κ2) is 9.44. The van der Waals surface area contributed by atoms with Gasteiger partial charge in [-0.3, -0.25) is 20.2 Å². The summed E-state index contributed by atoms with van der Waals surface area (Å²) in [6, 6.07) is 11.7. The number of hydrogen-bond acceptors (Lipinski definition) is 8. The number of pyridine rings is 3.